The van der Waals surface area contributed by atoms with Gasteiger partial charge in [-0.05, 0) is 56.7 Å². The SMILES string of the molecule is CC(C(=O)N1CCC(CCC(=O)Nc2ccc(F)c(Cl)c2)CC1)N1CCCC1=O. The summed E-state index contributed by atoms with van der Waals surface area (Å²) in [5.41, 5.74) is 0.479. The van der Waals surface area contributed by atoms with E-state index in [1.165, 1.54) is 18.2 Å². The molecule has 2 aliphatic heterocycles. The number of rotatable bonds is 6. The van der Waals surface area contributed by atoms with E-state index in [4.69, 9.17) is 11.6 Å². The second-order valence-electron chi connectivity index (χ2n) is 7.85. The molecule has 8 heteroatoms. The third-order valence-electron chi connectivity index (χ3n) is 5.84. The van der Waals surface area contributed by atoms with Crippen LogP contribution < -0.4 is 5.32 Å². The lowest BCUT2D eigenvalue weighted by Crippen LogP contribution is -2.49. The molecule has 0 radical (unpaired) electrons. The molecule has 0 spiro atoms. The molecular formula is C21H27ClFN3O3. The number of anilines is 1. The van der Waals surface area contributed by atoms with Crippen LogP contribution in [0.1, 0.15) is 45.4 Å². The highest BCUT2D eigenvalue weighted by Crippen LogP contribution is 2.25. The lowest BCUT2D eigenvalue weighted by molar-refractivity contribution is -0.143. The molecule has 0 aromatic heterocycles. The number of carbonyl (C=O) groups excluding carboxylic acids is 3. The number of likely N-dealkylation sites (tertiary alicyclic amines) is 2. The monoisotopic (exact) mass is 423 g/mol. The van der Waals surface area contributed by atoms with Crippen molar-refractivity contribution in [3.8, 4) is 0 Å². The predicted molar refractivity (Wildman–Crippen MR) is 109 cm³/mol. The van der Waals surface area contributed by atoms with Gasteiger partial charge >= 0.3 is 0 Å². The first-order valence-electron chi connectivity index (χ1n) is 10.2. The van der Waals surface area contributed by atoms with Gasteiger partial charge in [-0.25, -0.2) is 4.39 Å². The number of amides is 3. The van der Waals surface area contributed by atoms with Gasteiger partial charge < -0.3 is 15.1 Å². The molecule has 2 fully saturated rings. The van der Waals surface area contributed by atoms with E-state index in [-0.39, 0.29) is 22.7 Å². The molecule has 1 atom stereocenters. The van der Waals surface area contributed by atoms with Crippen molar-refractivity contribution in [2.75, 3.05) is 25.0 Å². The van der Waals surface area contributed by atoms with Crippen LogP contribution in [0.2, 0.25) is 5.02 Å². The summed E-state index contributed by atoms with van der Waals surface area (Å²) in [7, 11) is 0. The van der Waals surface area contributed by atoms with Gasteiger partial charge in [0.25, 0.3) is 0 Å². The van der Waals surface area contributed by atoms with E-state index in [9.17, 15) is 18.8 Å². The van der Waals surface area contributed by atoms with Crippen LogP contribution in [-0.2, 0) is 14.4 Å². The van der Waals surface area contributed by atoms with Gasteiger partial charge in [-0.3, -0.25) is 14.4 Å². The Balaban J connectivity index is 1.40. The molecule has 1 unspecified atom stereocenters. The number of halogens is 2. The normalized spacial score (nSPS) is 18.8. The zero-order chi connectivity index (χ0) is 21.0. The molecule has 158 valence electrons. The van der Waals surface area contributed by atoms with E-state index in [1.54, 1.807) is 4.90 Å². The van der Waals surface area contributed by atoms with Gasteiger partial charge in [0, 0.05) is 38.2 Å². The summed E-state index contributed by atoms with van der Waals surface area (Å²) in [5.74, 6) is -0.189. The molecule has 0 saturated carbocycles. The van der Waals surface area contributed by atoms with Crippen LogP contribution in [0.15, 0.2) is 18.2 Å². The zero-order valence-electron chi connectivity index (χ0n) is 16.6. The molecule has 1 aromatic rings. The third-order valence-corrected chi connectivity index (χ3v) is 6.13. The second kappa shape index (κ2) is 9.57. The minimum atomic E-state index is -0.519. The molecular weight excluding hydrogens is 397 g/mol. The number of hydrogen-bond acceptors (Lipinski definition) is 3. The van der Waals surface area contributed by atoms with Crippen LogP contribution in [0.25, 0.3) is 0 Å². The molecule has 1 aromatic carbocycles. The van der Waals surface area contributed by atoms with Crippen LogP contribution in [0.4, 0.5) is 10.1 Å². The Morgan fingerprint density at radius 3 is 2.62 bits per heavy atom. The molecule has 0 aliphatic carbocycles. The van der Waals surface area contributed by atoms with Gasteiger partial charge in [0.05, 0.1) is 5.02 Å². The predicted octanol–water partition coefficient (Wildman–Crippen LogP) is 3.45. The smallest absolute Gasteiger partial charge is 0.245 e. The molecule has 2 aliphatic rings. The first-order chi connectivity index (χ1) is 13.8. The van der Waals surface area contributed by atoms with Gasteiger partial charge in [-0.15, -0.1) is 0 Å². The summed E-state index contributed by atoms with van der Waals surface area (Å²) < 4.78 is 13.2. The summed E-state index contributed by atoms with van der Waals surface area (Å²) in [6, 6.07) is 3.71. The highest BCUT2D eigenvalue weighted by atomic mass is 35.5. The zero-order valence-corrected chi connectivity index (χ0v) is 17.4. The van der Waals surface area contributed by atoms with Crippen LogP contribution >= 0.6 is 11.6 Å². The topological polar surface area (TPSA) is 69.7 Å². The molecule has 1 N–H and O–H groups in total. The lowest BCUT2D eigenvalue weighted by atomic mass is 9.91. The van der Waals surface area contributed by atoms with E-state index in [1.807, 2.05) is 11.8 Å². The van der Waals surface area contributed by atoms with Crippen molar-refractivity contribution >= 4 is 35.0 Å². The number of carbonyl (C=O) groups is 3. The number of benzene rings is 1. The first kappa shape index (κ1) is 21.6. The standard InChI is InChI=1S/C21H27ClFN3O3/c1-14(26-10-2-3-20(26)28)21(29)25-11-8-15(9-12-25)4-7-19(27)24-16-5-6-18(23)17(22)13-16/h5-6,13-15H,2-4,7-12H2,1H3,(H,24,27). The minimum absolute atomic E-state index is 0.0182. The van der Waals surface area contributed by atoms with Crippen molar-refractivity contribution in [1.82, 2.24) is 9.80 Å². The van der Waals surface area contributed by atoms with Gasteiger partial charge in [-0.1, -0.05) is 11.6 Å². The summed E-state index contributed by atoms with van der Waals surface area (Å²) in [6.45, 7) is 3.79. The lowest BCUT2D eigenvalue weighted by Gasteiger charge is -2.35. The largest absolute Gasteiger partial charge is 0.341 e. The molecule has 2 saturated heterocycles. The van der Waals surface area contributed by atoms with Crippen LogP contribution in [-0.4, -0.2) is 53.2 Å². The van der Waals surface area contributed by atoms with Crippen molar-refractivity contribution < 1.29 is 18.8 Å². The Labute approximate surface area is 175 Å². The van der Waals surface area contributed by atoms with Crippen LogP contribution in [0.3, 0.4) is 0 Å². The molecule has 0 bridgehead atoms. The van der Waals surface area contributed by atoms with Crippen molar-refractivity contribution in [3.05, 3.63) is 29.0 Å². The summed E-state index contributed by atoms with van der Waals surface area (Å²) in [4.78, 5) is 40.2. The summed E-state index contributed by atoms with van der Waals surface area (Å²) in [6.07, 6.45) is 4.16. The summed E-state index contributed by atoms with van der Waals surface area (Å²) in [5, 5.41) is 2.71. The van der Waals surface area contributed by atoms with E-state index in [0.29, 0.717) is 44.1 Å². The fraction of sp³-hybridized carbons (Fsp3) is 0.571. The van der Waals surface area contributed by atoms with E-state index in [0.717, 1.165) is 25.7 Å². The van der Waals surface area contributed by atoms with Crippen LogP contribution in [0, 0.1) is 11.7 Å². The number of hydrogen-bond donors (Lipinski definition) is 1. The van der Waals surface area contributed by atoms with Crippen molar-refractivity contribution in [2.24, 2.45) is 5.92 Å². The van der Waals surface area contributed by atoms with Gasteiger partial charge in [0.15, 0.2) is 0 Å². The fourth-order valence-electron chi connectivity index (χ4n) is 4.05. The Morgan fingerprint density at radius 2 is 2.00 bits per heavy atom. The quantitative estimate of drug-likeness (QED) is 0.761. The Bertz CT molecular complexity index is 780. The highest BCUT2D eigenvalue weighted by molar-refractivity contribution is 6.31. The van der Waals surface area contributed by atoms with Gasteiger partial charge in [-0.2, -0.15) is 0 Å². The van der Waals surface area contributed by atoms with E-state index in [2.05, 4.69) is 5.32 Å². The Hall–Kier alpha value is -2.15. The van der Waals surface area contributed by atoms with E-state index >= 15 is 0 Å². The summed E-state index contributed by atoms with van der Waals surface area (Å²) >= 11 is 5.73. The first-order valence-corrected chi connectivity index (χ1v) is 10.6. The minimum Gasteiger partial charge on any atom is -0.341 e. The number of nitrogens with zero attached hydrogens (tertiary/aromatic N) is 2. The second-order valence-corrected chi connectivity index (χ2v) is 8.26. The number of nitrogens with one attached hydrogen (secondary N) is 1. The van der Waals surface area contributed by atoms with Crippen LogP contribution in [0.5, 0.6) is 0 Å². The van der Waals surface area contributed by atoms with Crippen molar-refractivity contribution in [1.29, 1.82) is 0 Å². The molecule has 3 rings (SSSR count). The van der Waals surface area contributed by atoms with Gasteiger partial charge in [0.2, 0.25) is 17.7 Å². The average molecular weight is 424 g/mol. The molecule has 29 heavy (non-hydrogen) atoms. The molecule has 3 amide bonds. The highest BCUT2D eigenvalue weighted by Gasteiger charge is 2.33. The fourth-order valence-corrected chi connectivity index (χ4v) is 4.23. The Morgan fingerprint density at radius 1 is 1.28 bits per heavy atom. The van der Waals surface area contributed by atoms with Crippen molar-refractivity contribution in [3.63, 3.8) is 0 Å². The van der Waals surface area contributed by atoms with Crippen molar-refractivity contribution in [2.45, 2.75) is 51.5 Å². The molecule has 2 heterocycles. The maximum absolute atomic E-state index is 13.2. The van der Waals surface area contributed by atoms with Gasteiger partial charge in [0.1, 0.15) is 11.9 Å². The van der Waals surface area contributed by atoms with E-state index < -0.39 is 11.9 Å². The number of piperidine rings is 1. The maximum Gasteiger partial charge on any atom is 0.245 e. The third kappa shape index (κ3) is 5.47. The Kier molecular flexibility index (Phi) is 7.11. The molecule has 6 nitrogen and oxygen atoms in total. The maximum atomic E-state index is 13.2. The average Bonchev–Trinajstić information content (AvgIpc) is 3.14.